The van der Waals surface area contributed by atoms with E-state index in [9.17, 15) is 16.8 Å². The molecule has 0 saturated heterocycles. The lowest BCUT2D eigenvalue weighted by Gasteiger charge is -2.11. The van der Waals surface area contributed by atoms with Gasteiger partial charge in [-0.1, -0.05) is 96.8 Å². The fourth-order valence-corrected chi connectivity index (χ4v) is 4.85. The predicted octanol–water partition coefficient (Wildman–Crippen LogP) is 7.44. The first-order valence-corrected chi connectivity index (χ1v) is 21.3. The van der Waals surface area contributed by atoms with Gasteiger partial charge < -0.3 is 20.7 Å². The standard InChI is InChI=1S/C18H39N.C10H10N3O3S.2C2H6OS/c1-2-3-4-5-6-7-8-9-10-11-12-13-14-15-16-17-18-19;1-7-6-10(12-16-7)13-17(14,15)9-4-2-8(11)3-5-9;2*1-4(2)3/h2-19H2,1H3;2-6H,11H2,1H3;2*1-2H3/q;-1;;/p+1. The third kappa shape index (κ3) is 31.7. The second kappa shape index (κ2) is 29.9. The zero-order valence-corrected chi connectivity index (χ0v) is 30.8. The topological polar surface area (TPSA) is 162 Å². The van der Waals surface area contributed by atoms with Crippen LogP contribution in [0.1, 0.15) is 115 Å². The van der Waals surface area contributed by atoms with Gasteiger partial charge in [-0.05, 0) is 55.9 Å². The summed E-state index contributed by atoms with van der Waals surface area (Å²) in [6, 6.07) is 7.21. The first kappa shape index (κ1) is 44.4. The van der Waals surface area contributed by atoms with Gasteiger partial charge in [0.05, 0.1) is 11.4 Å². The second-order valence-electron chi connectivity index (χ2n) is 11.1. The number of nitrogen functional groups attached to an aromatic ring is 1. The van der Waals surface area contributed by atoms with Crippen LogP contribution in [0.3, 0.4) is 0 Å². The number of quaternary nitrogens is 1. The largest absolute Gasteiger partial charge is 0.460 e. The van der Waals surface area contributed by atoms with Crippen LogP contribution in [0.2, 0.25) is 0 Å². The molecule has 0 fully saturated rings. The Morgan fingerprint density at radius 1 is 0.750 bits per heavy atom. The molecule has 0 unspecified atom stereocenters. The van der Waals surface area contributed by atoms with Gasteiger partial charge in [-0.25, -0.2) is 8.42 Å². The third-order valence-electron chi connectivity index (χ3n) is 6.11. The van der Waals surface area contributed by atoms with Gasteiger partial charge in [0.25, 0.3) is 0 Å². The van der Waals surface area contributed by atoms with Gasteiger partial charge in [-0.2, -0.15) is 0 Å². The molecule has 5 N–H and O–H groups in total. The highest BCUT2D eigenvalue weighted by molar-refractivity contribution is 7.94. The summed E-state index contributed by atoms with van der Waals surface area (Å²) in [5, 5.41) is 3.50. The van der Waals surface area contributed by atoms with Crippen molar-refractivity contribution in [2.75, 3.05) is 37.3 Å². The maximum Gasteiger partial charge on any atom is 0.202 e. The number of hydrogen-bond donors (Lipinski definition) is 2. The Morgan fingerprint density at radius 3 is 1.43 bits per heavy atom. The van der Waals surface area contributed by atoms with Crippen LogP contribution in [-0.4, -0.2) is 53.6 Å². The molecule has 0 spiro atoms. The van der Waals surface area contributed by atoms with Crippen molar-refractivity contribution in [3.63, 3.8) is 0 Å². The van der Waals surface area contributed by atoms with Crippen LogP contribution >= 0.6 is 0 Å². The molecule has 0 amide bonds. The van der Waals surface area contributed by atoms with Gasteiger partial charge in [0.2, 0.25) is 10.0 Å². The molecule has 44 heavy (non-hydrogen) atoms. The Balaban J connectivity index is 0. The van der Waals surface area contributed by atoms with Crippen LogP contribution in [-0.2, 0) is 31.6 Å². The van der Waals surface area contributed by atoms with Gasteiger partial charge in [-0.15, -0.1) is 0 Å². The Labute approximate surface area is 274 Å². The zero-order chi connectivity index (χ0) is 33.6. The van der Waals surface area contributed by atoms with Crippen LogP contribution in [0.4, 0.5) is 11.5 Å². The van der Waals surface area contributed by atoms with Crippen molar-refractivity contribution in [3.8, 4) is 0 Å². The minimum absolute atomic E-state index is 0.0272. The van der Waals surface area contributed by atoms with Gasteiger partial charge >= 0.3 is 0 Å². The van der Waals surface area contributed by atoms with Crippen LogP contribution in [0.25, 0.3) is 4.72 Å². The normalized spacial score (nSPS) is 10.8. The SMILES string of the molecule is CCCCCCCCCCCCCCCCCC[NH3+].CS(C)=O.CS(C)=O.Cc1cc([N-]S(=O)(=O)c2ccc(N)cc2)no1. The Morgan fingerprint density at radius 2 is 1.11 bits per heavy atom. The number of aryl methyl sites for hydroxylation is 1. The molecule has 9 nitrogen and oxygen atoms in total. The molecule has 0 saturated carbocycles. The molecule has 0 bridgehead atoms. The molecule has 0 aliphatic heterocycles. The highest BCUT2D eigenvalue weighted by Gasteiger charge is 2.09. The molecule has 0 aliphatic rings. The average molecular weight is 679 g/mol. The summed E-state index contributed by atoms with van der Waals surface area (Å²) in [7, 11) is -4.99. The van der Waals surface area contributed by atoms with E-state index in [-0.39, 0.29) is 10.7 Å². The number of benzene rings is 1. The van der Waals surface area contributed by atoms with Gasteiger partial charge in [-0.3, -0.25) is 13.6 Å². The summed E-state index contributed by atoms with van der Waals surface area (Å²) in [6.07, 6.45) is 29.8. The summed E-state index contributed by atoms with van der Waals surface area (Å²) in [5.74, 6) is 0.524. The van der Waals surface area contributed by atoms with Crippen LogP contribution in [0, 0.1) is 6.92 Å². The molecule has 1 aromatic carbocycles. The van der Waals surface area contributed by atoms with Crippen LogP contribution in [0.15, 0.2) is 39.8 Å². The minimum atomic E-state index is -3.77. The van der Waals surface area contributed by atoms with E-state index < -0.39 is 31.6 Å². The predicted molar refractivity (Wildman–Crippen MR) is 190 cm³/mol. The molecular weight excluding hydrogens is 617 g/mol. The minimum Gasteiger partial charge on any atom is -0.460 e. The van der Waals surface area contributed by atoms with E-state index in [2.05, 4.69) is 22.5 Å². The van der Waals surface area contributed by atoms with E-state index in [4.69, 9.17) is 10.3 Å². The molecule has 1 heterocycles. The smallest absolute Gasteiger partial charge is 0.202 e. The molecule has 2 aromatic rings. The highest BCUT2D eigenvalue weighted by atomic mass is 32.2. The molecule has 0 radical (unpaired) electrons. The van der Waals surface area contributed by atoms with E-state index >= 15 is 0 Å². The molecule has 12 heteroatoms. The van der Waals surface area contributed by atoms with Crippen molar-refractivity contribution in [3.05, 3.63) is 40.8 Å². The van der Waals surface area contributed by atoms with E-state index in [0.29, 0.717) is 11.4 Å². The lowest BCUT2D eigenvalue weighted by molar-refractivity contribution is -0.368. The Bertz CT molecular complexity index is 1040. The Hall–Kier alpha value is -1.76. The number of hydrogen-bond acceptors (Lipinski definition) is 7. The molecule has 0 atom stereocenters. The van der Waals surface area contributed by atoms with Gasteiger partial charge in [0.15, 0.2) is 0 Å². The average Bonchev–Trinajstić information content (AvgIpc) is 3.34. The van der Waals surface area contributed by atoms with Crippen molar-refractivity contribution in [1.82, 2.24) is 5.16 Å². The molecular formula is C32H62N4O5S3. The lowest BCUT2D eigenvalue weighted by atomic mass is 10.0. The number of unbranched alkanes of at least 4 members (excludes halogenated alkanes) is 15. The number of nitrogens with zero attached hydrogens (tertiary/aromatic N) is 2. The van der Waals surface area contributed by atoms with E-state index in [1.54, 1.807) is 31.9 Å². The van der Waals surface area contributed by atoms with Crippen LogP contribution in [0.5, 0.6) is 0 Å². The van der Waals surface area contributed by atoms with E-state index in [0.717, 1.165) is 6.54 Å². The van der Waals surface area contributed by atoms with Crippen molar-refractivity contribution in [2.45, 2.75) is 121 Å². The Kier molecular flexibility index (Phi) is 30.2. The maximum atomic E-state index is 11.8. The first-order valence-electron chi connectivity index (χ1n) is 15.9. The van der Waals surface area contributed by atoms with E-state index in [1.165, 1.54) is 133 Å². The summed E-state index contributed by atoms with van der Waals surface area (Å²) < 4.78 is 51.1. The van der Waals surface area contributed by atoms with Crippen LogP contribution < -0.4 is 11.5 Å². The fraction of sp³-hybridized carbons (Fsp3) is 0.719. The fourth-order valence-electron chi connectivity index (χ4n) is 3.94. The van der Waals surface area contributed by atoms with Gasteiger partial charge in [0.1, 0.15) is 5.76 Å². The lowest BCUT2D eigenvalue weighted by Crippen LogP contribution is -2.50. The quantitative estimate of drug-likeness (QED) is 0.115. The second-order valence-corrected chi connectivity index (χ2v) is 15.6. The van der Waals surface area contributed by atoms with Crippen molar-refractivity contribution < 1.29 is 27.1 Å². The zero-order valence-electron chi connectivity index (χ0n) is 28.4. The summed E-state index contributed by atoms with van der Waals surface area (Å²) in [6.45, 7) is 5.07. The van der Waals surface area contributed by atoms with Crippen molar-refractivity contribution in [1.29, 1.82) is 0 Å². The summed E-state index contributed by atoms with van der Waals surface area (Å²) in [4.78, 5) is 0.0624. The highest BCUT2D eigenvalue weighted by Crippen LogP contribution is 2.27. The number of anilines is 1. The molecule has 2 rings (SSSR count). The number of rotatable bonds is 19. The summed E-state index contributed by atoms with van der Waals surface area (Å²) in [5.41, 5.74) is 9.85. The van der Waals surface area contributed by atoms with Gasteiger partial charge in [0, 0.05) is 52.3 Å². The third-order valence-corrected chi connectivity index (χ3v) is 7.41. The monoisotopic (exact) mass is 678 g/mol. The molecule has 1 aromatic heterocycles. The van der Waals surface area contributed by atoms with E-state index in [1.807, 2.05) is 0 Å². The number of aromatic nitrogens is 1. The maximum absolute atomic E-state index is 11.8. The van der Waals surface area contributed by atoms with Crippen molar-refractivity contribution in [2.24, 2.45) is 0 Å². The molecule has 0 aliphatic carbocycles. The number of sulfonamides is 1. The van der Waals surface area contributed by atoms with Crippen molar-refractivity contribution >= 4 is 43.1 Å². The number of nitrogens with two attached hydrogens (primary N) is 1. The first-order chi connectivity index (χ1) is 20.8. The summed E-state index contributed by atoms with van der Waals surface area (Å²) >= 11 is 0. The molecule has 258 valence electrons.